The summed E-state index contributed by atoms with van der Waals surface area (Å²) in [6, 6.07) is 20.1. The van der Waals surface area contributed by atoms with Crippen molar-refractivity contribution in [2.75, 3.05) is 19.2 Å². The van der Waals surface area contributed by atoms with E-state index in [0.717, 1.165) is 16.7 Å². The number of fused-ring (bicyclic) bond motifs is 1. The van der Waals surface area contributed by atoms with Crippen molar-refractivity contribution in [3.05, 3.63) is 95.1 Å². The van der Waals surface area contributed by atoms with Gasteiger partial charge in [-0.25, -0.2) is 0 Å². The van der Waals surface area contributed by atoms with E-state index in [1.165, 1.54) is 16.5 Å². The number of nitrogens with one attached hydrogen (secondary N) is 1. The Labute approximate surface area is 206 Å². The monoisotopic (exact) mass is 470 g/mol. The molecule has 180 valence electrons. The molecular formula is C29H30N2O4. The highest BCUT2D eigenvalue weighted by atomic mass is 16.7. The number of amides is 2. The zero-order chi connectivity index (χ0) is 24.9. The molecule has 0 radical (unpaired) electrons. The van der Waals surface area contributed by atoms with E-state index < -0.39 is 6.04 Å². The molecule has 0 aromatic heterocycles. The number of hydrogen-bond donors (Lipinski definition) is 1. The fourth-order valence-electron chi connectivity index (χ4n) is 3.89. The largest absolute Gasteiger partial charge is 0.454 e. The van der Waals surface area contributed by atoms with Crippen LogP contribution in [0.25, 0.3) is 6.08 Å². The summed E-state index contributed by atoms with van der Waals surface area (Å²) >= 11 is 0. The minimum Gasteiger partial charge on any atom is -0.454 e. The molecular weight excluding hydrogens is 440 g/mol. The number of hydrogen-bond acceptors (Lipinski definition) is 4. The van der Waals surface area contributed by atoms with Crippen LogP contribution in [0, 0.1) is 6.92 Å². The van der Waals surface area contributed by atoms with Gasteiger partial charge >= 0.3 is 0 Å². The van der Waals surface area contributed by atoms with E-state index >= 15 is 0 Å². The molecule has 6 heteroatoms. The van der Waals surface area contributed by atoms with E-state index in [9.17, 15) is 9.59 Å². The number of aryl methyl sites for hydroxylation is 1. The van der Waals surface area contributed by atoms with E-state index in [1.54, 1.807) is 13.1 Å². The minimum absolute atomic E-state index is 0.192. The highest BCUT2D eigenvalue weighted by Gasteiger charge is 2.28. The lowest BCUT2D eigenvalue weighted by atomic mass is 10.0. The fraction of sp³-hybridized carbons (Fsp3) is 0.241. The van der Waals surface area contributed by atoms with Gasteiger partial charge < -0.3 is 19.7 Å². The van der Waals surface area contributed by atoms with Gasteiger partial charge in [0.05, 0.1) is 0 Å². The summed E-state index contributed by atoms with van der Waals surface area (Å²) in [5, 5.41) is 2.97. The van der Waals surface area contributed by atoms with Crippen LogP contribution in [0.4, 0.5) is 5.69 Å². The molecule has 3 aromatic carbocycles. The number of nitrogens with zero attached hydrogens (tertiary/aromatic N) is 1. The average molecular weight is 471 g/mol. The second-order valence-electron chi connectivity index (χ2n) is 8.97. The molecule has 0 aliphatic carbocycles. The first-order chi connectivity index (χ1) is 16.8. The Hall–Kier alpha value is -4.06. The van der Waals surface area contributed by atoms with Crippen molar-refractivity contribution in [2.45, 2.75) is 32.7 Å². The second kappa shape index (κ2) is 10.5. The topological polar surface area (TPSA) is 67.9 Å². The zero-order valence-corrected chi connectivity index (χ0v) is 20.4. The Bertz CT molecular complexity index is 1230. The number of likely N-dealkylation sites (N-methyl/N-ethyl adjacent to an activating group) is 1. The maximum Gasteiger partial charge on any atom is 0.251 e. The minimum atomic E-state index is -0.797. The third-order valence-corrected chi connectivity index (χ3v) is 6.04. The molecule has 0 spiro atoms. The Balaban J connectivity index is 1.54. The highest BCUT2D eigenvalue weighted by molar-refractivity contribution is 6.00. The molecule has 1 atom stereocenters. The van der Waals surface area contributed by atoms with Crippen LogP contribution < -0.4 is 14.8 Å². The van der Waals surface area contributed by atoms with Crippen LogP contribution in [-0.2, 0) is 9.59 Å². The second-order valence-corrected chi connectivity index (χ2v) is 8.97. The standard InChI is InChI=1S/C29H30N2O4/c1-19(2)22-11-13-24(14-12-22)30-29(33)28(23-9-5-20(3)6-10-23)31(4)27(32)16-8-21-7-15-25-26(17-21)35-18-34-25/h5-17,19,28H,18H2,1-4H3,(H,30,33)/b16-8+/t28-/m1/s1. The normalized spacial score (nSPS) is 13.2. The summed E-state index contributed by atoms with van der Waals surface area (Å²) < 4.78 is 10.7. The van der Waals surface area contributed by atoms with E-state index in [0.29, 0.717) is 23.1 Å². The lowest BCUT2D eigenvalue weighted by Gasteiger charge is -2.27. The van der Waals surface area contributed by atoms with Gasteiger partial charge in [0.25, 0.3) is 5.91 Å². The molecule has 0 saturated heterocycles. The van der Waals surface area contributed by atoms with Gasteiger partial charge in [-0.2, -0.15) is 0 Å². The van der Waals surface area contributed by atoms with Crippen LogP contribution in [0.5, 0.6) is 11.5 Å². The number of benzene rings is 3. The highest BCUT2D eigenvalue weighted by Crippen LogP contribution is 2.33. The summed E-state index contributed by atoms with van der Waals surface area (Å²) in [4.78, 5) is 28.0. The molecule has 0 bridgehead atoms. The Morgan fingerprint density at radius 1 is 0.914 bits per heavy atom. The van der Waals surface area contributed by atoms with Crippen molar-refractivity contribution in [3.8, 4) is 11.5 Å². The molecule has 6 nitrogen and oxygen atoms in total. The Morgan fingerprint density at radius 3 is 2.26 bits per heavy atom. The predicted molar refractivity (Wildman–Crippen MR) is 137 cm³/mol. The summed E-state index contributed by atoms with van der Waals surface area (Å²) in [5.74, 6) is 1.16. The first-order valence-electron chi connectivity index (χ1n) is 11.6. The quantitative estimate of drug-likeness (QED) is 0.450. The van der Waals surface area contributed by atoms with Gasteiger partial charge in [-0.1, -0.05) is 61.9 Å². The number of rotatable bonds is 7. The van der Waals surface area contributed by atoms with E-state index in [4.69, 9.17) is 9.47 Å². The van der Waals surface area contributed by atoms with E-state index in [-0.39, 0.29) is 18.6 Å². The molecule has 1 aliphatic heterocycles. The van der Waals surface area contributed by atoms with Crippen LogP contribution in [0.15, 0.2) is 72.8 Å². The van der Waals surface area contributed by atoms with Gasteiger partial charge in [0, 0.05) is 18.8 Å². The fourth-order valence-corrected chi connectivity index (χ4v) is 3.89. The van der Waals surface area contributed by atoms with Gasteiger partial charge in [0.1, 0.15) is 6.04 Å². The van der Waals surface area contributed by atoms with Crippen LogP contribution in [-0.4, -0.2) is 30.6 Å². The molecule has 0 unspecified atom stereocenters. The van der Waals surface area contributed by atoms with Crippen LogP contribution in [0.1, 0.15) is 48.1 Å². The van der Waals surface area contributed by atoms with Crippen molar-refractivity contribution in [1.82, 2.24) is 4.90 Å². The van der Waals surface area contributed by atoms with Crippen molar-refractivity contribution < 1.29 is 19.1 Å². The lowest BCUT2D eigenvalue weighted by Crippen LogP contribution is -2.37. The molecule has 4 rings (SSSR count). The number of carbonyl (C=O) groups excluding carboxylic acids is 2. The third kappa shape index (κ3) is 5.72. The average Bonchev–Trinajstić information content (AvgIpc) is 3.32. The van der Waals surface area contributed by atoms with Gasteiger partial charge in [-0.05, 0) is 59.9 Å². The van der Waals surface area contributed by atoms with Crippen LogP contribution in [0.3, 0.4) is 0 Å². The van der Waals surface area contributed by atoms with Crippen LogP contribution in [0.2, 0.25) is 0 Å². The first-order valence-corrected chi connectivity index (χ1v) is 11.6. The smallest absolute Gasteiger partial charge is 0.251 e. The molecule has 1 N–H and O–H groups in total. The van der Waals surface area contributed by atoms with Crippen molar-refractivity contribution in [2.24, 2.45) is 0 Å². The van der Waals surface area contributed by atoms with Crippen LogP contribution >= 0.6 is 0 Å². The van der Waals surface area contributed by atoms with Crippen molar-refractivity contribution in [3.63, 3.8) is 0 Å². The Morgan fingerprint density at radius 2 is 1.57 bits per heavy atom. The molecule has 35 heavy (non-hydrogen) atoms. The molecule has 1 heterocycles. The van der Waals surface area contributed by atoms with Crippen molar-refractivity contribution >= 4 is 23.6 Å². The summed E-state index contributed by atoms with van der Waals surface area (Å²) in [7, 11) is 1.64. The van der Waals surface area contributed by atoms with E-state index in [1.807, 2.05) is 73.7 Å². The SMILES string of the molecule is Cc1ccc([C@H](C(=O)Nc2ccc(C(C)C)cc2)N(C)C(=O)/C=C/c2ccc3c(c2)OCO3)cc1. The molecule has 1 aliphatic rings. The Kier molecular flexibility index (Phi) is 7.20. The summed E-state index contributed by atoms with van der Waals surface area (Å²) in [5.41, 5.74) is 4.50. The number of ether oxygens (including phenoxy) is 2. The predicted octanol–water partition coefficient (Wildman–Crippen LogP) is 5.70. The molecule has 0 saturated carbocycles. The molecule has 3 aromatic rings. The summed E-state index contributed by atoms with van der Waals surface area (Å²) in [6.07, 6.45) is 3.17. The van der Waals surface area contributed by atoms with Gasteiger partial charge in [-0.15, -0.1) is 0 Å². The third-order valence-electron chi connectivity index (χ3n) is 6.04. The van der Waals surface area contributed by atoms with E-state index in [2.05, 4.69) is 19.2 Å². The maximum absolute atomic E-state index is 13.4. The summed E-state index contributed by atoms with van der Waals surface area (Å²) in [6.45, 7) is 6.42. The number of carbonyl (C=O) groups is 2. The molecule has 0 fully saturated rings. The van der Waals surface area contributed by atoms with Gasteiger partial charge in [0.15, 0.2) is 11.5 Å². The first kappa shape index (κ1) is 24.1. The maximum atomic E-state index is 13.4. The van der Waals surface area contributed by atoms with Gasteiger partial charge in [-0.3, -0.25) is 9.59 Å². The van der Waals surface area contributed by atoms with Crippen molar-refractivity contribution in [1.29, 1.82) is 0 Å². The number of anilines is 1. The molecule has 2 amide bonds. The zero-order valence-electron chi connectivity index (χ0n) is 20.4. The van der Waals surface area contributed by atoms with Gasteiger partial charge in [0.2, 0.25) is 12.7 Å². The lowest BCUT2D eigenvalue weighted by molar-refractivity contribution is -0.133.